The van der Waals surface area contributed by atoms with E-state index in [1.54, 1.807) is 12.1 Å². The van der Waals surface area contributed by atoms with Crippen LogP contribution in [0.2, 0.25) is 0 Å². The first-order chi connectivity index (χ1) is 23.2. The summed E-state index contributed by atoms with van der Waals surface area (Å²) in [5, 5.41) is 15.0. The average Bonchev–Trinajstić information content (AvgIpc) is 3.59. The van der Waals surface area contributed by atoms with Crippen LogP contribution in [0.4, 0.5) is 18.9 Å². The van der Waals surface area contributed by atoms with E-state index in [0.29, 0.717) is 22.5 Å². The van der Waals surface area contributed by atoms with Gasteiger partial charge in [-0.1, -0.05) is 59.7 Å². The number of nitriles is 1. The molecule has 0 N–H and O–H groups in total. The number of nitrogens with zero attached hydrogens (tertiary/aromatic N) is 4. The second-order valence-corrected chi connectivity index (χ2v) is 12.1. The van der Waals surface area contributed by atoms with Crippen LogP contribution in [0.5, 0.6) is 0 Å². The maximum atomic E-state index is 14.1. The van der Waals surface area contributed by atoms with Crippen molar-refractivity contribution in [2.45, 2.75) is 20.0 Å². The molecular formula is C41H25F3N4. The lowest BCUT2D eigenvalue weighted by molar-refractivity contribution is -0.137. The molecule has 2 aromatic heterocycles. The molecule has 6 aromatic carbocycles. The lowest BCUT2D eigenvalue weighted by Gasteiger charge is -2.19. The van der Waals surface area contributed by atoms with Crippen LogP contribution in [0.1, 0.15) is 22.3 Å². The van der Waals surface area contributed by atoms with Crippen molar-refractivity contribution in [2.24, 2.45) is 0 Å². The third-order valence-electron chi connectivity index (χ3n) is 9.05. The largest absolute Gasteiger partial charge is 0.415 e. The number of aryl methyl sites for hydroxylation is 2. The molecule has 0 spiro atoms. The van der Waals surface area contributed by atoms with Crippen LogP contribution in [0.15, 0.2) is 115 Å². The van der Waals surface area contributed by atoms with Crippen LogP contribution in [-0.4, -0.2) is 9.13 Å². The van der Waals surface area contributed by atoms with Gasteiger partial charge in [0.1, 0.15) is 11.6 Å². The normalized spacial score (nSPS) is 11.8. The molecule has 0 aliphatic carbocycles. The van der Waals surface area contributed by atoms with Gasteiger partial charge < -0.3 is 9.13 Å². The quantitative estimate of drug-likeness (QED) is 0.179. The number of para-hydroxylation sites is 2. The van der Waals surface area contributed by atoms with Gasteiger partial charge in [-0.25, -0.2) is 4.85 Å². The maximum Gasteiger partial charge on any atom is 0.415 e. The summed E-state index contributed by atoms with van der Waals surface area (Å²) < 4.78 is 46.4. The number of hydrogen-bond donors (Lipinski definition) is 0. The fraction of sp³-hybridized carbons (Fsp3) is 0.0732. The molecule has 0 amide bonds. The van der Waals surface area contributed by atoms with E-state index >= 15 is 0 Å². The first-order valence-electron chi connectivity index (χ1n) is 15.3. The third-order valence-corrected chi connectivity index (χ3v) is 9.05. The van der Waals surface area contributed by atoms with E-state index in [-0.39, 0.29) is 11.3 Å². The Morgan fingerprint density at radius 3 is 1.56 bits per heavy atom. The van der Waals surface area contributed by atoms with Crippen molar-refractivity contribution in [1.29, 1.82) is 5.26 Å². The molecule has 48 heavy (non-hydrogen) atoms. The van der Waals surface area contributed by atoms with Crippen molar-refractivity contribution < 1.29 is 13.2 Å². The summed E-state index contributed by atoms with van der Waals surface area (Å²) in [7, 11) is 0. The SMILES string of the molecule is [C-]#[N+]c1cc(-c2cc(-n3c4ccccc4c4cc(C)ccc43)c(C#N)c(-n3c4ccccc4c4cc(C)ccc43)c2)cc(C(F)(F)F)c1. The minimum absolute atomic E-state index is 0.119. The van der Waals surface area contributed by atoms with Crippen molar-refractivity contribution in [3.8, 4) is 28.6 Å². The molecule has 4 nitrogen and oxygen atoms in total. The number of rotatable bonds is 3. The van der Waals surface area contributed by atoms with Gasteiger partial charge in [-0.05, 0) is 91.7 Å². The second-order valence-electron chi connectivity index (χ2n) is 12.1. The summed E-state index contributed by atoms with van der Waals surface area (Å²) in [6.07, 6.45) is -4.65. The van der Waals surface area contributed by atoms with Gasteiger partial charge in [0.2, 0.25) is 0 Å². The molecule has 0 saturated heterocycles. The summed E-state index contributed by atoms with van der Waals surface area (Å²) in [5.74, 6) is 0. The highest BCUT2D eigenvalue weighted by Crippen LogP contribution is 2.42. The number of benzene rings is 6. The summed E-state index contributed by atoms with van der Waals surface area (Å²) in [5.41, 5.74) is 6.70. The minimum Gasteiger partial charge on any atom is -0.308 e. The van der Waals surface area contributed by atoms with E-state index in [2.05, 4.69) is 23.0 Å². The molecule has 0 fully saturated rings. The molecule has 8 aromatic rings. The van der Waals surface area contributed by atoms with Crippen molar-refractivity contribution in [3.63, 3.8) is 0 Å². The standard InChI is InChI=1S/C41H25F3N4/c1-24-12-14-37-32(16-24)30-8-4-6-10-35(30)47(37)39-20-27(26-18-28(41(42,43)44)22-29(19-26)46-3)21-40(34(39)23-45)48-36-11-7-5-9-31(36)33-17-25(2)13-15-38(33)48/h4-22H,1-2H3. The molecule has 0 aliphatic rings. The molecular weight excluding hydrogens is 605 g/mol. The highest BCUT2D eigenvalue weighted by atomic mass is 19.4. The number of fused-ring (bicyclic) bond motifs is 6. The van der Waals surface area contributed by atoms with E-state index in [0.717, 1.165) is 66.9 Å². The molecule has 7 heteroatoms. The average molecular weight is 631 g/mol. The molecule has 2 heterocycles. The monoisotopic (exact) mass is 630 g/mol. The van der Waals surface area contributed by atoms with Crippen LogP contribution in [0, 0.1) is 31.8 Å². The number of aromatic nitrogens is 2. The second kappa shape index (κ2) is 10.6. The van der Waals surface area contributed by atoms with Crippen LogP contribution in [-0.2, 0) is 6.18 Å². The Balaban J connectivity index is 1.57. The van der Waals surface area contributed by atoms with Crippen LogP contribution < -0.4 is 0 Å². The number of hydrogen-bond acceptors (Lipinski definition) is 1. The van der Waals surface area contributed by atoms with Gasteiger partial charge >= 0.3 is 6.18 Å². The van der Waals surface area contributed by atoms with Gasteiger partial charge in [-0.15, -0.1) is 0 Å². The lowest BCUT2D eigenvalue weighted by Crippen LogP contribution is -2.06. The van der Waals surface area contributed by atoms with Gasteiger partial charge in [0.25, 0.3) is 0 Å². The topological polar surface area (TPSA) is 38.0 Å². The van der Waals surface area contributed by atoms with E-state index in [4.69, 9.17) is 6.57 Å². The van der Waals surface area contributed by atoms with Crippen LogP contribution >= 0.6 is 0 Å². The first-order valence-corrected chi connectivity index (χ1v) is 15.3. The van der Waals surface area contributed by atoms with E-state index in [1.165, 1.54) is 6.07 Å². The van der Waals surface area contributed by atoms with Crippen molar-refractivity contribution >= 4 is 49.3 Å². The van der Waals surface area contributed by atoms with Crippen LogP contribution in [0.25, 0.3) is 71.0 Å². The lowest BCUT2D eigenvalue weighted by atomic mass is 9.97. The van der Waals surface area contributed by atoms with Crippen molar-refractivity contribution in [3.05, 3.63) is 149 Å². The smallest absolute Gasteiger partial charge is 0.308 e. The summed E-state index contributed by atoms with van der Waals surface area (Å²) >= 11 is 0. The van der Waals surface area contributed by atoms with E-state index in [9.17, 15) is 18.4 Å². The molecule has 0 bridgehead atoms. The van der Waals surface area contributed by atoms with Crippen LogP contribution in [0.3, 0.4) is 0 Å². The number of halogens is 3. The summed E-state index contributed by atoms with van der Waals surface area (Å²) in [4.78, 5) is 3.38. The third kappa shape index (κ3) is 4.44. The summed E-state index contributed by atoms with van der Waals surface area (Å²) in [6.45, 7) is 11.6. The van der Waals surface area contributed by atoms with Crippen molar-refractivity contribution in [2.75, 3.05) is 0 Å². The maximum absolute atomic E-state index is 14.1. The van der Waals surface area contributed by atoms with Gasteiger partial charge in [-0.2, -0.15) is 18.4 Å². The van der Waals surface area contributed by atoms with Gasteiger partial charge in [-0.3, -0.25) is 0 Å². The molecule has 0 saturated carbocycles. The molecule has 8 rings (SSSR count). The zero-order valence-corrected chi connectivity index (χ0v) is 25.9. The molecule has 230 valence electrons. The van der Waals surface area contributed by atoms with Gasteiger partial charge in [0, 0.05) is 27.1 Å². The highest BCUT2D eigenvalue weighted by Gasteiger charge is 2.31. The first kappa shape index (κ1) is 29.1. The van der Waals surface area contributed by atoms with Gasteiger partial charge in [0.05, 0.1) is 40.0 Å². The Bertz CT molecular complexity index is 2570. The van der Waals surface area contributed by atoms with Gasteiger partial charge in [0.15, 0.2) is 5.69 Å². The molecule has 0 unspecified atom stereocenters. The Morgan fingerprint density at radius 2 is 1.08 bits per heavy atom. The fourth-order valence-electron chi connectivity index (χ4n) is 6.94. The molecule has 0 aliphatic heterocycles. The zero-order valence-electron chi connectivity index (χ0n) is 25.9. The molecule has 0 atom stereocenters. The summed E-state index contributed by atoms with van der Waals surface area (Å²) in [6, 6.07) is 37.6. The van der Waals surface area contributed by atoms with E-state index < -0.39 is 11.7 Å². The predicted molar refractivity (Wildman–Crippen MR) is 186 cm³/mol. The zero-order chi connectivity index (χ0) is 33.3. The highest BCUT2D eigenvalue weighted by molar-refractivity contribution is 6.11. The predicted octanol–water partition coefficient (Wildman–Crippen LogP) is 11.6. The molecule has 0 radical (unpaired) electrons. The Kier molecular flexibility index (Phi) is 6.44. The minimum atomic E-state index is -4.65. The Morgan fingerprint density at radius 1 is 0.604 bits per heavy atom. The Hall–Kier alpha value is -6.31. The van der Waals surface area contributed by atoms with E-state index in [1.807, 2.05) is 95.8 Å². The number of alkyl halides is 3. The Labute approximate surface area is 273 Å². The fourth-order valence-corrected chi connectivity index (χ4v) is 6.94. The van der Waals surface area contributed by atoms with Crippen molar-refractivity contribution in [1.82, 2.24) is 9.13 Å².